The second kappa shape index (κ2) is 5.63. The molecule has 0 aliphatic rings. The van der Waals surface area contributed by atoms with Crippen molar-refractivity contribution in [2.45, 2.75) is 6.92 Å². The van der Waals surface area contributed by atoms with Crippen LogP contribution >= 0.6 is 11.8 Å². The smallest absolute Gasteiger partial charge is 0.269 e. The Labute approximate surface area is 115 Å². The lowest BCUT2D eigenvalue weighted by molar-refractivity contribution is -0.384. The van der Waals surface area contributed by atoms with Gasteiger partial charge in [-0.15, -0.1) is 0 Å². The highest BCUT2D eigenvalue weighted by molar-refractivity contribution is 8.03. The minimum Gasteiger partial charge on any atom is -0.460 e. The third-order valence-corrected chi connectivity index (χ3v) is 2.87. The summed E-state index contributed by atoms with van der Waals surface area (Å²) in [6.07, 6.45) is 1.90. The maximum Gasteiger partial charge on any atom is 0.269 e. The van der Waals surface area contributed by atoms with E-state index in [1.165, 1.54) is 23.9 Å². The van der Waals surface area contributed by atoms with Gasteiger partial charge in [0.15, 0.2) is 0 Å². The average Bonchev–Trinajstić information content (AvgIpc) is 2.78. The molecule has 0 aliphatic carbocycles. The van der Waals surface area contributed by atoms with Crippen LogP contribution in [0.3, 0.4) is 0 Å². The van der Waals surface area contributed by atoms with E-state index in [1.807, 2.05) is 19.2 Å². The summed E-state index contributed by atoms with van der Waals surface area (Å²) in [5.41, 5.74) is 1.70. The van der Waals surface area contributed by atoms with Crippen LogP contribution in [0.15, 0.2) is 34.7 Å². The summed E-state index contributed by atoms with van der Waals surface area (Å²) in [5, 5.41) is 13.5. The molecule has 0 aliphatic heterocycles. The lowest BCUT2D eigenvalue weighted by atomic mass is 10.1. The van der Waals surface area contributed by atoms with Crippen LogP contribution < -0.4 is 0 Å². The van der Waals surface area contributed by atoms with Crippen LogP contribution in [0.1, 0.15) is 11.3 Å². The summed E-state index contributed by atoms with van der Waals surface area (Å²) in [6.45, 7) is 1.85. The first-order chi connectivity index (χ1) is 9.11. The number of nitrogens with zero attached hydrogens (tertiary/aromatic N) is 1. The largest absolute Gasteiger partial charge is 0.460 e. The summed E-state index contributed by atoms with van der Waals surface area (Å²) in [7, 11) is 0. The molecule has 4 nitrogen and oxygen atoms in total. The second-order valence-corrected chi connectivity index (χ2v) is 4.43. The molecule has 0 fully saturated rings. The molecule has 19 heavy (non-hydrogen) atoms. The Balaban J connectivity index is 2.34. The number of nitro benzene ring substituents is 1. The van der Waals surface area contributed by atoms with Gasteiger partial charge in [-0.25, -0.2) is 0 Å². The zero-order valence-electron chi connectivity index (χ0n) is 10.5. The van der Waals surface area contributed by atoms with Gasteiger partial charge in [-0.3, -0.25) is 10.1 Å². The quantitative estimate of drug-likeness (QED) is 0.474. The van der Waals surface area contributed by atoms with Gasteiger partial charge in [0.1, 0.15) is 11.5 Å². The van der Waals surface area contributed by atoms with E-state index in [1.54, 1.807) is 12.1 Å². The summed E-state index contributed by atoms with van der Waals surface area (Å²) >= 11 is 1.44. The van der Waals surface area contributed by atoms with Crippen molar-refractivity contribution in [3.05, 3.63) is 51.8 Å². The first kappa shape index (κ1) is 13.2. The minimum absolute atomic E-state index is 0.0643. The van der Waals surface area contributed by atoms with Gasteiger partial charge in [-0.2, -0.15) is 0 Å². The number of furan rings is 1. The van der Waals surface area contributed by atoms with Crippen LogP contribution in [-0.4, -0.2) is 11.2 Å². The van der Waals surface area contributed by atoms with Gasteiger partial charge in [0.05, 0.1) is 10.5 Å². The molecule has 0 saturated carbocycles. The molecule has 0 unspecified atom stereocenters. The third kappa shape index (κ3) is 2.98. The van der Waals surface area contributed by atoms with E-state index in [0.717, 1.165) is 16.9 Å². The van der Waals surface area contributed by atoms with Crippen molar-refractivity contribution in [2.75, 3.05) is 6.26 Å². The molecule has 1 heterocycles. The number of hydrogen-bond acceptors (Lipinski definition) is 4. The predicted molar refractivity (Wildman–Crippen MR) is 75.9 cm³/mol. The van der Waals surface area contributed by atoms with Crippen molar-refractivity contribution in [1.82, 2.24) is 0 Å². The molecular formula is C14H11NO3S. The van der Waals surface area contributed by atoms with Crippen LogP contribution in [-0.2, 0) is 0 Å². The molecule has 0 radical (unpaired) electrons. The average molecular weight is 273 g/mol. The lowest BCUT2D eigenvalue weighted by Crippen LogP contribution is -1.86. The molecule has 0 atom stereocenters. The van der Waals surface area contributed by atoms with E-state index in [0.29, 0.717) is 5.76 Å². The van der Waals surface area contributed by atoms with Crippen molar-refractivity contribution in [3.8, 4) is 22.5 Å². The van der Waals surface area contributed by atoms with Gasteiger partial charge in [0.2, 0.25) is 0 Å². The fourth-order valence-electron chi connectivity index (χ4n) is 1.60. The van der Waals surface area contributed by atoms with Crippen LogP contribution in [0.4, 0.5) is 5.69 Å². The van der Waals surface area contributed by atoms with Crippen molar-refractivity contribution >= 4 is 17.4 Å². The van der Waals surface area contributed by atoms with Gasteiger partial charge in [0, 0.05) is 23.8 Å². The maximum atomic E-state index is 10.6. The van der Waals surface area contributed by atoms with Crippen LogP contribution in [0.5, 0.6) is 0 Å². The molecule has 5 heteroatoms. The summed E-state index contributed by atoms with van der Waals surface area (Å²) < 4.78 is 5.62. The highest BCUT2D eigenvalue weighted by Gasteiger charge is 2.10. The van der Waals surface area contributed by atoms with Crippen LogP contribution in [0.25, 0.3) is 11.3 Å². The molecule has 0 N–H and O–H groups in total. The molecule has 0 bridgehead atoms. The Bertz CT molecular complexity index is 662. The van der Waals surface area contributed by atoms with E-state index >= 15 is 0 Å². The van der Waals surface area contributed by atoms with Crippen LogP contribution in [0, 0.1) is 28.2 Å². The molecule has 0 spiro atoms. The van der Waals surface area contributed by atoms with Crippen molar-refractivity contribution in [3.63, 3.8) is 0 Å². The third-order valence-electron chi connectivity index (χ3n) is 2.57. The van der Waals surface area contributed by atoms with Gasteiger partial charge in [0.25, 0.3) is 5.69 Å². The first-order valence-corrected chi connectivity index (χ1v) is 6.73. The molecule has 1 aromatic carbocycles. The minimum atomic E-state index is -0.424. The normalized spacial score (nSPS) is 9.79. The van der Waals surface area contributed by atoms with Gasteiger partial charge in [-0.05, 0) is 30.6 Å². The fourth-order valence-corrected chi connectivity index (χ4v) is 1.81. The van der Waals surface area contributed by atoms with Gasteiger partial charge in [-0.1, -0.05) is 17.7 Å². The lowest BCUT2D eigenvalue weighted by Gasteiger charge is -1.95. The monoisotopic (exact) mass is 273 g/mol. The summed E-state index contributed by atoms with van der Waals surface area (Å²) in [4.78, 5) is 10.2. The molecule has 96 valence electrons. The summed E-state index contributed by atoms with van der Waals surface area (Å²) in [5.74, 6) is 4.40. The van der Waals surface area contributed by atoms with Crippen molar-refractivity contribution < 1.29 is 9.34 Å². The van der Waals surface area contributed by atoms with Crippen LogP contribution in [0.2, 0.25) is 0 Å². The first-order valence-electron chi connectivity index (χ1n) is 5.51. The van der Waals surface area contributed by atoms with Crippen molar-refractivity contribution in [1.29, 1.82) is 0 Å². The Morgan fingerprint density at radius 3 is 2.58 bits per heavy atom. The maximum absolute atomic E-state index is 10.6. The molecule has 1 aromatic heterocycles. The SMILES string of the molecule is CSC#Cc1cc(-c2ccc([N+](=O)[O-])cc2)oc1C. The highest BCUT2D eigenvalue weighted by atomic mass is 32.2. The Morgan fingerprint density at radius 1 is 1.32 bits per heavy atom. The van der Waals surface area contributed by atoms with Gasteiger partial charge < -0.3 is 4.42 Å². The number of hydrogen-bond donors (Lipinski definition) is 0. The number of non-ortho nitro benzene ring substituents is 1. The zero-order valence-corrected chi connectivity index (χ0v) is 11.3. The van der Waals surface area contributed by atoms with Gasteiger partial charge >= 0.3 is 0 Å². The summed E-state index contributed by atoms with van der Waals surface area (Å²) in [6, 6.07) is 8.10. The molecule has 0 saturated heterocycles. The molecule has 2 aromatic rings. The highest BCUT2D eigenvalue weighted by Crippen LogP contribution is 2.26. The standard InChI is InChI=1S/C14H11NO3S/c1-10-12(7-8-19-2)9-14(18-10)11-3-5-13(6-4-11)15(16)17/h3-6,9H,1-2H3. The Kier molecular flexibility index (Phi) is 3.93. The number of aryl methyl sites for hydroxylation is 1. The zero-order chi connectivity index (χ0) is 13.8. The van der Waals surface area contributed by atoms with E-state index in [9.17, 15) is 10.1 Å². The Morgan fingerprint density at radius 2 is 2.00 bits per heavy atom. The second-order valence-electron chi connectivity index (χ2n) is 3.82. The van der Waals surface area contributed by atoms with Crippen molar-refractivity contribution in [2.24, 2.45) is 0 Å². The molecule has 2 rings (SSSR count). The molecule has 0 amide bonds. The van der Waals surface area contributed by atoms with E-state index in [-0.39, 0.29) is 5.69 Å². The number of nitro groups is 1. The number of rotatable bonds is 2. The Hall–Kier alpha value is -2.19. The number of benzene rings is 1. The topological polar surface area (TPSA) is 56.3 Å². The van der Waals surface area contributed by atoms with E-state index < -0.39 is 4.92 Å². The van der Waals surface area contributed by atoms with E-state index in [2.05, 4.69) is 11.2 Å². The number of thioether (sulfide) groups is 1. The predicted octanol–water partition coefficient (Wildman–Crippen LogP) is 3.84. The fraction of sp³-hybridized carbons (Fsp3) is 0.143. The van der Waals surface area contributed by atoms with E-state index in [4.69, 9.17) is 4.42 Å². The molecular weight excluding hydrogens is 262 g/mol.